The van der Waals surface area contributed by atoms with E-state index in [4.69, 9.17) is 15.2 Å². The number of esters is 2. The number of carbonyl (C=O) groups is 3. The van der Waals surface area contributed by atoms with Gasteiger partial charge in [0.1, 0.15) is 5.70 Å². The minimum atomic E-state index is -0.784. The zero-order chi connectivity index (χ0) is 21.2. The Balaban J connectivity index is 2.09. The normalized spacial score (nSPS) is 23.8. The number of hydrogen-bond acceptors (Lipinski definition) is 8. The van der Waals surface area contributed by atoms with Crippen molar-refractivity contribution in [2.24, 2.45) is 17.1 Å². The molecule has 2 rings (SSSR count). The van der Waals surface area contributed by atoms with E-state index in [1.807, 2.05) is 6.92 Å². The van der Waals surface area contributed by atoms with Crippen molar-refractivity contribution < 1.29 is 29.0 Å². The van der Waals surface area contributed by atoms with Gasteiger partial charge in [-0.3, -0.25) is 9.59 Å². The molecule has 158 valence electrons. The fourth-order valence-corrected chi connectivity index (χ4v) is 4.09. The molecule has 0 aliphatic carbocycles. The third kappa shape index (κ3) is 4.69. The van der Waals surface area contributed by atoms with Gasteiger partial charge in [-0.25, -0.2) is 4.79 Å². The largest absolute Gasteiger partial charge is 0.427 e. The summed E-state index contributed by atoms with van der Waals surface area (Å²) in [5, 5.41) is 10.1. The van der Waals surface area contributed by atoms with Crippen LogP contribution in [-0.2, 0) is 23.9 Å². The number of aliphatic hydroxyl groups is 1. The van der Waals surface area contributed by atoms with Crippen LogP contribution in [0.5, 0.6) is 0 Å². The van der Waals surface area contributed by atoms with Gasteiger partial charge in [0.15, 0.2) is 0 Å². The molecule has 9 heteroatoms. The molecule has 0 bridgehead atoms. The van der Waals surface area contributed by atoms with Crippen LogP contribution in [0.4, 0.5) is 0 Å². The quantitative estimate of drug-likeness (QED) is 0.343. The number of nitrogens with two attached hydrogens (primary N) is 1. The molecule has 0 radical (unpaired) electrons. The molecule has 4 atom stereocenters. The van der Waals surface area contributed by atoms with E-state index in [1.54, 1.807) is 39.5 Å². The number of nitrogens with zero attached hydrogens (tertiary/aromatic N) is 1. The van der Waals surface area contributed by atoms with Gasteiger partial charge in [0.05, 0.1) is 23.5 Å². The Hall–Kier alpha value is -1.58. The topological polar surface area (TPSA) is 119 Å². The second-order valence-corrected chi connectivity index (χ2v) is 9.71. The number of aliphatic hydroxyl groups excluding tert-OH is 1. The van der Waals surface area contributed by atoms with Crippen LogP contribution < -0.4 is 5.73 Å². The molecule has 1 amide bonds. The number of β-lactam (4-membered cyclic amide) rings is 1. The van der Waals surface area contributed by atoms with Crippen molar-refractivity contribution >= 4 is 29.6 Å². The number of carbonyl (C=O) groups excluding carboxylic acids is 3. The van der Waals surface area contributed by atoms with E-state index in [1.165, 1.54) is 4.90 Å². The minimum Gasteiger partial charge on any atom is -0.427 e. The van der Waals surface area contributed by atoms with Crippen molar-refractivity contribution in [2.75, 3.05) is 19.1 Å². The van der Waals surface area contributed by atoms with Crippen LogP contribution in [0, 0.1) is 11.3 Å². The molecule has 0 aromatic rings. The maximum Gasteiger partial charge on any atom is 0.357 e. The molecule has 2 aliphatic rings. The third-order valence-corrected chi connectivity index (χ3v) is 6.16. The van der Waals surface area contributed by atoms with Crippen LogP contribution in [0.25, 0.3) is 0 Å². The molecular weight excluding hydrogens is 384 g/mol. The Kier molecular flexibility index (Phi) is 7.17. The molecule has 0 spiro atoms. The first kappa shape index (κ1) is 22.7. The molecule has 1 fully saturated rings. The number of ether oxygens (including phenoxy) is 2. The van der Waals surface area contributed by atoms with Gasteiger partial charge >= 0.3 is 11.9 Å². The SMILES string of the molecule is CC(CN)SCC1=C(C(=O)OCOC(=O)C(C)(C)C)N2C(=O)C(C(C)O)C2C1. The molecule has 0 aromatic carbocycles. The van der Waals surface area contributed by atoms with E-state index in [0.29, 0.717) is 18.7 Å². The Morgan fingerprint density at radius 3 is 2.50 bits per heavy atom. The van der Waals surface area contributed by atoms with Gasteiger partial charge in [0.2, 0.25) is 12.7 Å². The van der Waals surface area contributed by atoms with Crippen LogP contribution in [-0.4, -0.2) is 64.3 Å². The zero-order valence-corrected chi connectivity index (χ0v) is 17.9. The highest BCUT2D eigenvalue weighted by Gasteiger charge is 2.56. The van der Waals surface area contributed by atoms with Crippen LogP contribution in [0.2, 0.25) is 0 Å². The summed E-state index contributed by atoms with van der Waals surface area (Å²) in [6.45, 7) is 8.65. The Morgan fingerprint density at radius 1 is 1.32 bits per heavy atom. The lowest BCUT2D eigenvalue weighted by molar-refractivity contribution is -0.175. The van der Waals surface area contributed by atoms with Gasteiger partial charge in [-0.15, -0.1) is 0 Å². The highest BCUT2D eigenvalue weighted by molar-refractivity contribution is 8.00. The molecule has 0 saturated carbocycles. The summed E-state index contributed by atoms with van der Waals surface area (Å²) in [5.41, 5.74) is 5.95. The Morgan fingerprint density at radius 2 is 1.96 bits per heavy atom. The smallest absolute Gasteiger partial charge is 0.357 e. The van der Waals surface area contributed by atoms with Crippen molar-refractivity contribution in [2.45, 2.75) is 58.4 Å². The maximum atomic E-state index is 12.7. The van der Waals surface area contributed by atoms with E-state index in [9.17, 15) is 19.5 Å². The van der Waals surface area contributed by atoms with E-state index in [0.717, 1.165) is 5.57 Å². The molecule has 4 unspecified atom stereocenters. The summed E-state index contributed by atoms with van der Waals surface area (Å²) in [4.78, 5) is 38.3. The van der Waals surface area contributed by atoms with Crippen molar-refractivity contribution in [1.29, 1.82) is 0 Å². The molecule has 0 aromatic heterocycles. The van der Waals surface area contributed by atoms with Crippen LogP contribution in [0.3, 0.4) is 0 Å². The summed E-state index contributed by atoms with van der Waals surface area (Å²) in [7, 11) is 0. The van der Waals surface area contributed by atoms with E-state index < -0.39 is 36.2 Å². The molecule has 8 nitrogen and oxygen atoms in total. The molecule has 2 heterocycles. The number of rotatable bonds is 8. The fraction of sp³-hybridized carbons (Fsp3) is 0.737. The Bertz CT molecular complexity index is 670. The fourth-order valence-electron chi connectivity index (χ4n) is 3.21. The number of fused-ring (bicyclic) bond motifs is 1. The van der Waals surface area contributed by atoms with Gasteiger partial charge in [0, 0.05) is 17.5 Å². The summed E-state index contributed by atoms with van der Waals surface area (Å²) in [5.74, 6) is -1.45. The second-order valence-electron chi connectivity index (χ2n) is 8.29. The average Bonchev–Trinajstić information content (AvgIpc) is 2.92. The van der Waals surface area contributed by atoms with Gasteiger partial charge in [-0.2, -0.15) is 11.8 Å². The highest BCUT2D eigenvalue weighted by atomic mass is 32.2. The Labute approximate surface area is 169 Å². The minimum absolute atomic E-state index is 0.203. The lowest BCUT2D eigenvalue weighted by atomic mass is 9.83. The lowest BCUT2D eigenvalue weighted by Crippen LogP contribution is -2.61. The highest BCUT2D eigenvalue weighted by Crippen LogP contribution is 2.44. The van der Waals surface area contributed by atoms with E-state index in [2.05, 4.69) is 0 Å². The van der Waals surface area contributed by atoms with Crippen molar-refractivity contribution in [3.63, 3.8) is 0 Å². The summed E-state index contributed by atoms with van der Waals surface area (Å²) in [6, 6.07) is -0.240. The van der Waals surface area contributed by atoms with E-state index in [-0.39, 0.29) is 22.9 Å². The molecule has 2 aliphatic heterocycles. The lowest BCUT2D eigenvalue weighted by Gasteiger charge is -2.44. The van der Waals surface area contributed by atoms with Crippen molar-refractivity contribution in [1.82, 2.24) is 4.90 Å². The first-order valence-electron chi connectivity index (χ1n) is 9.38. The van der Waals surface area contributed by atoms with Gasteiger partial charge < -0.3 is 25.2 Å². The third-order valence-electron chi connectivity index (χ3n) is 4.88. The van der Waals surface area contributed by atoms with Crippen LogP contribution in [0.1, 0.15) is 41.0 Å². The predicted molar refractivity (Wildman–Crippen MR) is 105 cm³/mol. The van der Waals surface area contributed by atoms with Gasteiger partial charge in [-0.05, 0) is 39.7 Å². The van der Waals surface area contributed by atoms with Crippen LogP contribution in [0.15, 0.2) is 11.3 Å². The molecule has 1 saturated heterocycles. The monoisotopic (exact) mass is 414 g/mol. The maximum absolute atomic E-state index is 12.7. The number of amides is 1. The standard InChI is InChI=1S/C19H30N2O6S/c1-10(7-20)28-8-12-6-13-14(11(2)22)16(23)21(13)15(12)17(24)26-9-27-18(25)19(3,4)5/h10-11,13-14,22H,6-9,20H2,1-5H3. The first-order valence-corrected chi connectivity index (χ1v) is 10.4. The summed E-state index contributed by atoms with van der Waals surface area (Å²) >= 11 is 1.59. The van der Waals surface area contributed by atoms with E-state index >= 15 is 0 Å². The van der Waals surface area contributed by atoms with Crippen molar-refractivity contribution in [3.05, 3.63) is 11.3 Å². The summed E-state index contributed by atoms with van der Waals surface area (Å²) in [6.07, 6.45) is -0.272. The number of hydrogen-bond donors (Lipinski definition) is 2. The molecule has 3 N–H and O–H groups in total. The average molecular weight is 415 g/mol. The summed E-state index contributed by atoms with van der Waals surface area (Å²) < 4.78 is 10.1. The number of thioether (sulfide) groups is 1. The van der Waals surface area contributed by atoms with Gasteiger partial charge in [0.25, 0.3) is 0 Å². The zero-order valence-electron chi connectivity index (χ0n) is 17.1. The molecule has 28 heavy (non-hydrogen) atoms. The second kappa shape index (κ2) is 8.84. The van der Waals surface area contributed by atoms with Crippen LogP contribution >= 0.6 is 11.8 Å². The van der Waals surface area contributed by atoms with Crippen molar-refractivity contribution in [3.8, 4) is 0 Å². The predicted octanol–water partition coefficient (Wildman–Crippen LogP) is 1.02. The molecular formula is C19H30N2O6S. The first-order chi connectivity index (χ1) is 13.0. The van der Waals surface area contributed by atoms with Gasteiger partial charge in [-0.1, -0.05) is 6.92 Å².